The van der Waals surface area contributed by atoms with E-state index in [1.807, 2.05) is 37.8 Å². The van der Waals surface area contributed by atoms with Gasteiger partial charge in [0.15, 0.2) is 0 Å². The van der Waals surface area contributed by atoms with Gasteiger partial charge in [-0.15, -0.1) is 0 Å². The maximum atomic E-state index is 12.0. The van der Waals surface area contributed by atoms with E-state index in [0.29, 0.717) is 30.2 Å². The van der Waals surface area contributed by atoms with Crippen LogP contribution in [-0.2, 0) is 4.79 Å². The van der Waals surface area contributed by atoms with Crippen molar-refractivity contribution in [3.63, 3.8) is 0 Å². The molecule has 2 rings (SSSR count). The molecule has 1 aliphatic rings. The molecular formula is C15H21ClN2O2. The normalized spacial score (nSPS) is 17.6. The highest BCUT2D eigenvalue weighted by Gasteiger charge is 2.39. The van der Waals surface area contributed by atoms with Gasteiger partial charge in [-0.25, -0.2) is 0 Å². The zero-order valence-electron chi connectivity index (χ0n) is 12.2. The van der Waals surface area contributed by atoms with Gasteiger partial charge >= 0.3 is 0 Å². The number of nitrogens with zero attached hydrogens (tertiary/aromatic N) is 1. The van der Waals surface area contributed by atoms with E-state index in [2.05, 4.69) is 5.32 Å². The Morgan fingerprint density at radius 3 is 2.65 bits per heavy atom. The molecule has 0 saturated carbocycles. The number of halogens is 1. The highest BCUT2D eigenvalue weighted by molar-refractivity contribution is 6.34. The zero-order chi connectivity index (χ0) is 14.9. The van der Waals surface area contributed by atoms with E-state index in [4.69, 9.17) is 11.6 Å². The van der Waals surface area contributed by atoms with Crippen molar-refractivity contribution < 1.29 is 9.90 Å². The number of benzene rings is 1. The molecule has 110 valence electrons. The van der Waals surface area contributed by atoms with Crippen molar-refractivity contribution in [1.29, 1.82) is 0 Å². The minimum Gasteiger partial charge on any atom is -0.387 e. The van der Waals surface area contributed by atoms with E-state index >= 15 is 0 Å². The van der Waals surface area contributed by atoms with Gasteiger partial charge in [0.25, 0.3) is 0 Å². The number of amides is 1. The smallest absolute Gasteiger partial charge is 0.238 e. The number of aliphatic hydroxyl groups is 1. The number of nitrogens with one attached hydrogen (secondary N) is 1. The van der Waals surface area contributed by atoms with Gasteiger partial charge in [-0.3, -0.25) is 9.69 Å². The van der Waals surface area contributed by atoms with E-state index < -0.39 is 5.60 Å². The van der Waals surface area contributed by atoms with Gasteiger partial charge in [0.05, 0.1) is 22.9 Å². The minimum atomic E-state index is -0.613. The molecule has 0 bridgehead atoms. The van der Waals surface area contributed by atoms with Crippen molar-refractivity contribution in [2.24, 2.45) is 0 Å². The number of anilines is 1. The number of β-amino-alcohol motifs (C(OH)–C–C–N with tert-alkyl or cyclic N) is 1. The molecular weight excluding hydrogens is 276 g/mol. The quantitative estimate of drug-likeness (QED) is 0.897. The monoisotopic (exact) mass is 296 g/mol. The second-order valence-electron chi connectivity index (χ2n) is 5.71. The van der Waals surface area contributed by atoms with Crippen LogP contribution >= 0.6 is 11.6 Å². The molecule has 20 heavy (non-hydrogen) atoms. The predicted molar refractivity (Wildman–Crippen MR) is 81.2 cm³/mol. The molecule has 1 heterocycles. The summed E-state index contributed by atoms with van der Waals surface area (Å²) < 4.78 is 0. The summed E-state index contributed by atoms with van der Waals surface area (Å²) in [4.78, 5) is 13.9. The van der Waals surface area contributed by atoms with Crippen molar-refractivity contribution in [2.45, 2.75) is 32.8 Å². The second kappa shape index (κ2) is 5.72. The van der Waals surface area contributed by atoms with Crippen LogP contribution in [-0.4, -0.2) is 41.1 Å². The Balaban J connectivity index is 1.93. The Morgan fingerprint density at radius 2 is 2.10 bits per heavy atom. The van der Waals surface area contributed by atoms with E-state index in [9.17, 15) is 9.90 Å². The third kappa shape index (κ3) is 3.32. The summed E-state index contributed by atoms with van der Waals surface area (Å²) in [5.41, 5.74) is 2.09. The Morgan fingerprint density at radius 1 is 1.45 bits per heavy atom. The summed E-state index contributed by atoms with van der Waals surface area (Å²) >= 11 is 6.16. The van der Waals surface area contributed by atoms with Crippen LogP contribution in [0.2, 0.25) is 5.02 Å². The second-order valence-corrected chi connectivity index (χ2v) is 6.12. The predicted octanol–water partition coefficient (Wildman–Crippen LogP) is 2.35. The molecule has 1 amide bonds. The van der Waals surface area contributed by atoms with Gasteiger partial charge in [0.1, 0.15) is 0 Å². The molecule has 1 aromatic rings. The van der Waals surface area contributed by atoms with Gasteiger partial charge in [-0.05, 0) is 37.5 Å². The third-order valence-electron chi connectivity index (χ3n) is 3.76. The molecule has 1 saturated heterocycles. The van der Waals surface area contributed by atoms with Gasteiger partial charge < -0.3 is 10.4 Å². The van der Waals surface area contributed by atoms with Crippen LogP contribution in [0, 0.1) is 13.8 Å². The van der Waals surface area contributed by atoms with Crippen molar-refractivity contribution in [3.8, 4) is 0 Å². The fourth-order valence-corrected chi connectivity index (χ4v) is 2.95. The maximum absolute atomic E-state index is 12.0. The largest absolute Gasteiger partial charge is 0.387 e. The van der Waals surface area contributed by atoms with Gasteiger partial charge in [0.2, 0.25) is 5.91 Å². The fraction of sp³-hybridized carbons (Fsp3) is 0.533. The van der Waals surface area contributed by atoms with Crippen molar-refractivity contribution >= 4 is 23.2 Å². The summed E-state index contributed by atoms with van der Waals surface area (Å²) in [6.07, 6.45) is 0.716. The molecule has 0 radical (unpaired) electrons. The van der Waals surface area contributed by atoms with Crippen LogP contribution in [0.15, 0.2) is 12.1 Å². The number of aryl methyl sites for hydroxylation is 2. The van der Waals surface area contributed by atoms with Crippen molar-refractivity contribution in [1.82, 2.24) is 4.90 Å². The third-order valence-corrected chi connectivity index (χ3v) is 4.06. The Hall–Kier alpha value is -1.10. The molecule has 5 heteroatoms. The molecule has 0 unspecified atom stereocenters. The Kier molecular flexibility index (Phi) is 4.37. The van der Waals surface area contributed by atoms with Crippen LogP contribution in [0.5, 0.6) is 0 Å². The van der Waals surface area contributed by atoms with Crippen molar-refractivity contribution in [3.05, 3.63) is 28.3 Å². The number of carbonyl (C=O) groups is 1. The number of likely N-dealkylation sites (tertiary alicyclic amines) is 1. The molecule has 0 spiro atoms. The average Bonchev–Trinajstić information content (AvgIpc) is 2.31. The number of hydrogen-bond donors (Lipinski definition) is 2. The first-order chi connectivity index (χ1) is 9.33. The van der Waals surface area contributed by atoms with E-state index in [-0.39, 0.29) is 12.5 Å². The molecule has 0 aromatic heterocycles. The van der Waals surface area contributed by atoms with Crippen LogP contribution in [0.3, 0.4) is 0 Å². The standard InChI is InChI=1S/C15H21ClN2O2/c1-4-15(20)8-18(9-15)7-13(19)17-14-11(3)5-10(2)6-12(14)16/h5-6,20H,4,7-9H2,1-3H3,(H,17,19). The van der Waals surface area contributed by atoms with Gasteiger partial charge in [-0.1, -0.05) is 24.6 Å². The number of carbonyl (C=O) groups excluding carboxylic acids is 1. The van der Waals surface area contributed by atoms with Crippen molar-refractivity contribution in [2.75, 3.05) is 25.0 Å². The first-order valence-corrected chi connectivity index (χ1v) is 7.22. The maximum Gasteiger partial charge on any atom is 0.238 e. The molecule has 1 aliphatic heterocycles. The van der Waals surface area contributed by atoms with E-state index in [0.717, 1.165) is 11.1 Å². The first kappa shape index (κ1) is 15.3. The topological polar surface area (TPSA) is 52.6 Å². The molecule has 4 nitrogen and oxygen atoms in total. The lowest BCUT2D eigenvalue weighted by atomic mass is 9.91. The molecule has 0 aliphatic carbocycles. The lowest BCUT2D eigenvalue weighted by Gasteiger charge is -2.45. The van der Waals surface area contributed by atoms with E-state index in [1.54, 1.807) is 0 Å². The van der Waals surface area contributed by atoms with Crippen LogP contribution in [0.25, 0.3) is 0 Å². The van der Waals surface area contributed by atoms with Crippen LogP contribution in [0.1, 0.15) is 24.5 Å². The zero-order valence-corrected chi connectivity index (χ0v) is 12.9. The lowest BCUT2D eigenvalue weighted by Crippen LogP contribution is -2.62. The number of hydrogen-bond acceptors (Lipinski definition) is 3. The fourth-order valence-electron chi connectivity index (χ4n) is 2.58. The minimum absolute atomic E-state index is 0.1000. The van der Waals surface area contributed by atoms with Crippen LogP contribution in [0.4, 0.5) is 5.69 Å². The summed E-state index contributed by atoms with van der Waals surface area (Å²) in [6.45, 7) is 7.23. The summed E-state index contributed by atoms with van der Waals surface area (Å²) in [5, 5.41) is 13.3. The summed E-state index contributed by atoms with van der Waals surface area (Å²) in [7, 11) is 0. The highest BCUT2D eigenvalue weighted by Crippen LogP contribution is 2.28. The van der Waals surface area contributed by atoms with Gasteiger partial charge in [-0.2, -0.15) is 0 Å². The SMILES string of the molecule is CCC1(O)CN(CC(=O)Nc2c(C)cc(C)cc2Cl)C1. The molecule has 1 aromatic carbocycles. The van der Waals surface area contributed by atoms with Crippen LogP contribution < -0.4 is 5.32 Å². The Bertz CT molecular complexity index is 502. The summed E-state index contributed by atoms with van der Waals surface area (Å²) in [6, 6.07) is 3.82. The average molecular weight is 297 g/mol. The first-order valence-electron chi connectivity index (χ1n) is 6.84. The molecule has 0 atom stereocenters. The highest BCUT2D eigenvalue weighted by atomic mass is 35.5. The number of rotatable bonds is 4. The van der Waals surface area contributed by atoms with Gasteiger partial charge in [0, 0.05) is 13.1 Å². The summed E-state index contributed by atoms with van der Waals surface area (Å²) in [5.74, 6) is -0.1000. The van der Waals surface area contributed by atoms with E-state index in [1.165, 1.54) is 0 Å². The lowest BCUT2D eigenvalue weighted by molar-refractivity contribution is -0.128. The molecule has 1 fully saturated rings. The molecule has 2 N–H and O–H groups in total. The Labute approximate surface area is 124 Å².